The lowest BCUT2D eigenvalue weighted by atomic mass is 10.1. The second kappa shape index (κ2) is 12.0. The Morgan fingerprint density at radius 2 is 1.76 bits per heavy atom. The highest BCUT2D eigenvalue weighted by Crippen LogP contribution is 2.13. The predicted octanol–water partition coefficient (Wildman–Crippen LogP) is 2.57. The summed E-state index contributed by atoms with van der Waals surface area (Å²) >= 11 is 0. The summed E-state index contributed by atoms with van der Waals surface area (Å²) in [5.41, 5.74) is 1.36. The number of anilines is 1. The smallest absolute Gasteiger partial charge is 0.193 e. The van der Waals surface area contributed by atoms with Crippen LogP contribution in [0.1, 0.15) is 5.56 Å². The van der Waals surface area contributed by atoms with E-state index in [1.165, 1.54) is 5.56 Å². The first-order valence-electron chi connectivity index (χ1n) is 9.99. The van der Waals surface area contributed by atoms with E-state index in [-0.39, 0.29) is 24.0 Å². The summed E-state index contributed by atoms with van der Waals surface area (Å²) < 4.78 is 0. The molecule has 1 aliphatic heterocycles. The van der Waals surface area contributed by atoms with Crippen LogP contribution in [-0.2, 0) is 6.42 Å². The van der Waals surface area contributed by atoms with Crippen molar-refractivity contribution in [3.8, 4) is 0 Å². The van der Waals surface area contributed by atoms with E-state index < -0.39 is 0 Å². The van der Waals surface area contributed by atoms with Gasteiger partial charge in [0.05, 0.1) is 0 Å². The molecule has 0 amide bonds. The number of guanidine groups is 1. The van der Waals surface area contributed by atoms with Crippen LogP contribution in [0.2, 0.25) is 0 Å². The third kappa shape index (κ3) is 6.85. The Kier molecular flexibility index (Phi) is 9.66. The zero-order valence-electron chi connectivity index (χ0n) is 17.7. The second-order valence-corrected chi connectivity index (χ2v) is 7.40. The van der Waals surface area contributed by atoms with Crippen LogP contribution in [0.3, 0.4) is 0 Å². The van der Waals surface area contributed by atoms with Crippen molar-refractivity contribution in [2.75, 3.05) is 58.8 Å². The molecule has 1 aliphatic rings. The lowest BCUT2D eigenvalue weighted by Crippen LogP contribution is -2.54. The van der Waals surface area contributed by atoms with Crippen molar-refractivity contribution in [3.63, 3.8) is 0 Å². The first kappa shape index (κ1) is 23.4. The van der Waals surface area contributed by atoms with Gasteiger partial charge in [-0.1, -0.05) is 36.4 Å². The molecule has 0 aliphatic carbocycles. The lowest BCUT2D eigenvalue weighted by molar-refractivity contribution is 0.285. The van der Waals surface area contributed by atoms with Gasteiger partial charge < -0.3 is 20.0 Å². The molecule has 0 spiro atoms. The summed E-state index contributed by atoms with van der Waals surface area (Å²) in [5, 5.41) is 3.60. The number of piperazine rings is 1. The van der Waals surface area contributed by atoms with E-state index in [1.807, 2.05) is 25.4 Å². The molecule has 7 heteroatoms. The number of pyridine rings is 1. The highest BCUT2D eigenvalue weighted by atomic mass is 127. The molecule has 158 valence electrons. The van der Waals surface area contributed by atoms with Crippen LogP contribution in [0.5, 0.6) is 0 Å². The van der Waals surface area contributed by atoms with E-state index in [0.717, 1.165) is 50.9 Å². The highest BCUT2D eigenvalue weighted by molar-refractivity contribution is 14.0. The van der Waals surface area contributed by atoms with Crippen molar-refractivity contribution in [3.05, 3.63) is 60.3 Å². The quantitative estimate of drug-likeness (QED) is 0.370. The Hall–Kier alpha value is -1.87. The molecule has 0 bridgehead atoms. The molecular weight excluding hydrogens is 475 g/mol. The minimum Gasteiger partial charge on any atom is -0.355 e. The van der Waals surface area contributed by atoms with Crippen LogP contribution in [-0.4, -0.2) is 80.7 Å². The van der Waals surface area contributed by atoms with Gasteiger partial charge in [-0.15, -0.1) is 24.0 Å². The Labute approximate surface area is 192 Å². The number of halogens is 1. The Morgan fingerprint density at radius 1 is 1.07 bits per heavy atom. The van der Waals surface area contributed by atoms with Crippen molar-refractivity contribution in [1.82, 2.24) is 20.1 Å². The standard InChI is InChI=1S/C22H32N6.HI/c1-23-22(25-18-20(26(2)3)17-19-9-5-4-6-10-19)28-15-13-27(14-16-28)21-11-7-8-12-24-21;/h4-12,20H,13-18H2,1-3H3,(H,23,25);1H. The molecule has 1 unspecified atom stereocenters. The summed E-state index contributed by atoms with van der Waals surface area (Å²) in [6.07, 6.45) is 2.88. The zero-order valence-corrected chi connectivity index (χ0v) is 20.0. The molecule has 1 aromatic heterocycles. The molecular formula is C22H33IN6. The van der Waals surface area contributed by atoms with Gasteiger partial charge >= 0.3 is 0 Å². The summed E-state index contributed by atoms with van der Waals surface area (Å²) in [6.45, 7) is 4.68. The van der Waals surface area contributed by atoms with E-state index >= 15 is 0 Å². The van der Waals surface area contributed by atoms with Gasteiger partial charge in [-0.3, -0.25) is 4.99 Å². The van der Waals surface area contributed by atoms with E-state index in [0.29, 0.717) is 6.04 Å². The van der Waals surface area contributed by atoms with Crippen LogP contribution in [0.15, 0.2) is 59.7 Å². The molecule has 1 atom stereocenters. The number of likely N-dealkylation sites (N-methyl/N-ethyl adjacent to an activating group) is 1. The molecule has 1 saturated heterocycles. The third-order valence-electron chi connectivity index (χ3n) is 5.30. The summed E-state index contributed by atoms with van der Waals surface area (Å²) in [6, 6.07) is 17.2. The largest absolute Gasteiger partial charge is 0.355 e. The lowest BCUT2D eigenvalue weighted by Gasteiger charge is -2.37. The van der Waals surface area contributed by atoms with Crippen molar-refractivity contribution >= 4 is 35.8 Å². The van der Waals surface area contributed by atoms with Crippen molar-refractivity contribution in [1.29, 1.82) is 0 Å². The van der Waals surface area contributed by atoms with Crippen LogP contribution in [0.4, 0.5) is 5.82 Å². The molecule has 0 radical (unpaired) electrons. The summed E-state index contributed by atoms with van der Waals surface area (Å²) in [4.78, 5) is 16.0. The molecule has 2 heterocycles. The average Bonchev–Trinajstić information content (AvgIpc) is 2.75. The van der Waals surface area contributed by atoms with Gasteiger partial charge in [0, 0.05) is 52.0 Å². The van der Waals surface area contributed by atoms with Crippen LogP contribution >= 0.6 is 24.0 Å². The van der Waals surface area contributed by atoms with Gasteiger partial charge in [-0.05, 0) is 38.2 Å². The van der Waals surface area contributed by atoms with Gasteiger partial charge in [0.2, 0.25) is 0 Å². The number of nitrogens with one attached hydrogen (secondary N) is 1. The number of aromatic nitrogens is 1. The van der Waals surface area contributed by atoms with E-state index in [1.54, 1.807) is 0 Å². The monoisotopic (exact) mass is 508 g/mol. The predicted molar refractivity (Wildman–Crippen MR) is 132 cm³/mol. The molecule has 1 aromatic carbocycles. The summed E-state index contributed by atoms with van der Waals surface area (Å²) in [7, 11) is 6.16. The molecule has 29 heavy (non-hydrogen) atoms. The molecule has 3 rings (SSSR count). The van der Waals surface area contributed by atoms with Gasteiger partial charge in [-0.25, -0.2) is 4.98 Å². The third-order valence-corrected chi connectivity index (χ3v) is 5.30. The van der Waals surface area contributed by atoms with E-state index in [9.17, 15) is 0 Å². The Morgan fingerprint density at radius 3 is 2.34 bits per heavy atom. The van der Waals surface area contributed by atoms with Crippen molar-refractivity contribution < 1.29 is 0 Å². The average molecular weight is 508 g/mol. The fraction of sp³-hybridized carbons (Fsp3) is 0.455. The first-order valence-corrected chi connectivity index (χ1v) is 9.99. The van der Waals surface area contributed by atoms with Crippen molar-refractivity contribution in [2.24, 2.45) is 4.99 Å². The number of aliphatic imine (C=N–C) groups is 1. The minimum absolute atomic E-state index is 0. The fourth-order valence-corrected chi connectivity index (χ4v) is 3.55. The Balaban J connectivity index is 0.00000300. The van der Waals surface area contributed by atoms with Gasteiger partial charge in [0.15, 0.2) is 5.96 Å². The van der Waals surface area contributed by atoms with E-state index in [4.69, 9.17) is 0 Å². The minimum atomic E-state index is 0. The summed E-state index contributed by atoms with van der Waals surface area (Å²) in [5.74, 6) is 2.04. The van der Waals surface area contributed by atoms with Crippen LogP contribution < -0.4 is 10.2 Å². The SMILES string of the molecule is CN=C(NCC(Cc1ccccc1)N(C)C)N1CCN(c2ccccn2)CC1.I. The van der Waals surface area contributed by atoms with E-state index in [2.05, 4.69) is 80.5 Å². The first-order chi connectivity index (χ1) is 13.7. The fourth-order valence-electron chi connectivity index (χ4n) is 3.55. The van der Waals surface area contributed by atoms with Crippen LogP contribution in [0, 0.1) is 0 Å². The molecule has 2 aromatic rings. The Bertz CT molecular complexity index is 729. The number of rotatable bonds is 6. The maximum absolute atomic E-state index is 4.53. The van der Waals surface area contributed by atoms with Crippen LogP contribution in [0.25, 0.3) is 0 Å². The second-order valence-electron chi connectivity index (χ2n) is 7.40. The molecule has 1 fully saturated rings. The molecule has 1 N–H and O–H groups in total. The maximum Gasteiger partial charge on any atom is 0.193 e. The number of nitrogens with zero attached hydrogens (tertiary/aromatic N) is 5. The maximum atomic E-state index is 4.53. The molecule has 6 nitrogen and oxygen atoms in total. The normalized spacial score (nSPS) is 15.8. The number of hydrogen-bond donors (Lipinski definition) is 1. The van der Waals surface area contributed by atoms with Gasteiger partial charge in [0.25, 0.3) is 0 Å². The topological polar surface area (TPSA) is 47.0 Å². The highest BCUT2D eigenvalue weighted by Gasteiger charge is 2.21. The number of hydrogen-bond acceptors (Lipinski definition) is 4. The number of benzene rings is 1. The van der Waals surface area contributed by atoms with Crippen molar-refractivity contribution in [2.45, 2.75) is 12.5 Å². The van der Waals surface area contributed by atoms with Gasteiger partial charge in [0.1, 0.15) is 5.82 Å². The van der Waals surface area contributed by atoms with Gasteiger partial charge in [-0.2, -0.15) is 0 Å². The zero-order chi connectivity index (χ0) is 19.8. The molecule has 0 saturated carbocycles.